The zero-order chi connectivity index (χ0) is 17.6. The van der Waals surface area contributed by atoms with Crippen LogP contribution in [-0.2, 0) is 23.8 Å². The fourth-order valence-electron chi connectivity index (χ4n) is 2.83. The number of hydrogen-bond donors (Lipinski definition) is 1. The number of aliphatic hydroxyl groups is 1. The van der Waals surface area contributed by atoms with E-state index in [1.807, 2.05) is 0 Å². The van der Waals surface area contributed by atoms with Gasteiger partial charge in [0, 0.05) is 14.0 Å². The minimum atomic E-state index is -1.25. The van der Waals surface area contributed by atoms with E-state index in [4.69, 9.17) is 14.2 Å². The predicted octanol–water partition coefficient (Wildman–Crippen LogP) is 1.93. The van der Waals surface area contributed by atoms with Crippen molar-refractivity contribution in [3.05, 3.63) is 0 Å². The Balaban J connectivity index is 2.68. The summed E-state index contributed by atoms with van der Waals surface area (Å²) in [6, 6.07) is 0. The van der Waals surface area contributed by atoms with Crippen LogP contribution in [0.2, 0.25) is 0 Å². The maximum absolute atomic E-state index is 12.4. The summed E-state index contributed by atoms with van der Waals surface area (Å²) in [5, 5.41) is 9.51. The molecule has 6 nitrogen and oxygen atoms in total. The van der Waals surface area contributed by atoms with Gasteiger partial charge in [-0.25, -0.2) is 0 Å². The van der Waals surface area contributed by atoms with Crippen molar-refractivity contribution in [2.24, 2.45) is 17.3 Å². The van der Waals surface area contributed by atoms with Crippen LogP contribution in [0.1, 0.15) is 47.0 Å². The first-order valence-corrected chi connectivity index (χ1v) is 8.21. The minimum absolute atomic E-state index is 0.142. The molecular formula is C17H30O6. The Morgan fingerprint density at radius 1 is 1.26 bits per heavy atom. The zero-order valence-corrected chi connectivity index (χ0v) is 14.8. The summed E-state index contributed by atoms with van der Waals surface area (Å²) >= 11 is 0. The van der Waals surface area contributed by atoms with Gasteiger partial charge in [0.1, 0.15) is 18.1 Å². The van der Waals surface area contributed by atoms with Crippen LogP contribution in [0, 0.1) is 17.3 Å². The molecule has 4 atom stereocenters. The van der Waals surface area contributed by atoms with E-state index in [1.165, 1.54) is 13.8 Å². The maximum Gasteiger partial charge on any atom is 0.318 e. The molecule has 0 aromatic heterocycles. The lowest BCUT2D eigenvalue weighted by atomic mass is 9.79. The van der Waals surface area contributed by atoms with E-state index in [0.717, 1.165) is 19.3 Å². The molecule has 0 aliphatic heterocycles. The Labute approximate surface area is 138 Å². The number of carbonyl (C=O) groups is 2. The molecule has 1 fully saturated rings. The van der Waals surface area contributed by atoms with Gasteiger partial charge in [-0.2, -0.15) is 0 Å². The van der Waals surface area contributed by atoms with Crippen LogP contribution >= 0.6 is 0 Å². The van der Waals surface area contributed by atoms with E-state index in [0.29, 0.717) is 11.8 Å². The van der Waals surface area contributed by atoms with Gasteiger partial charge in [0.2, 0.25) is 0 Å². The van der Waals surface area contributed by atoms with Gasteiger partial charge in [0.15, 0.2) is 0 Å². The van der Waals surface area contributed by atoms with Crippen molar-refractivity contribution < 1.29 is 28.9 Å². The molecule has 0 amide bonds. The fraction of sp³-hybridized carbons (Fsp3) is 0.882. The fourth-order valence-corrected chi connectivity index (χ4v) is 2.83. The lowest BCUT2D eigenvalue weighted by molar-refractivity contribution is -0.179. The maximum atomic E-state index is 12.4. The third-order valence-corrected chi connectivity index (χ3v) is 4.71. The number of hydrogen-bond acceptors (Lipinski definition) is 6. The van der Waals surface area contributed by atoms with Gasteiger partial charge in [-0.15, -0.1) is 0 Å². The van der Waals surface area contributed by atoms with E-state index >= 15 is 0 Å². The van der Waals surface area contributed by atoms with Gasteiger partial charge in [0.25, 0.3) is 0 Å². The molecule has 0 saturated heterocycles. The van der Waals surface area contributed by atoms with Crippen LogP contribution in [0.3, 0.4) is 0 Å². The van der Waals surface area contributed by atoms with Crippen molar-refractivity contribution in [1.82, 2.24) is 0 Å². The van der Waals surface area contributed by atoms with E-state index in [9.17, 15) is 14.7 Å². The van der Waals surface area contributed by atoms with Gasteiger partial charge in [0.05, 0.1) is 12.7 Å². The molecule has 1 saturated carbocycles. The van der Waals surface area contributed by atoms with Gasteiger partial charge >= 0.3 is 11.9 Å². The predicted molar refractivity (Wildman–Crippen MR) is 84.7 cm³/mol. The summed E-state index contributed by atoms with van der Waals surface area (Å²) in [7, 11) is 1.62. The molecule has 1 aliphatic carbocycles. The van der Waals surface area contributed by atoms with Crippen molar-refractivity contribution in [3.63, 3.8) is 0 Å². The third-order valence-electron chi connectivity index (χ3n) is 4.71. The average molecular weight is 330 g/mol. The van der Waals surface area contributed by atoms with Gasteiger partial charge in [-0.05, 0) is 38.0 Å². The van der Waals surface area contributed by atoms with Crippen LogP contribution in [0.4, 0.5) is 0 Å². The highest BCUT2D eigenvalue weighted by molar-refractivity contribution is 5.77. The zero-order valence-electron chi connectivity index (χ0n) is 14.8. The number of esters is 2. The van der Waals surface area contributed by atoms with Crippen LogP contribution in [0.5, 0.6) is 0 Å². The van der Waals surface area contributed by atoms with Crippen LogP contribution in [0.15, 0.2) is 0 Å². The monoisotopic (exact) mass is 330 g/mol. The Kier molecular flexibility index (Phi) is 7.48. The Morgan fingerprint density at radius 3 is 2.39 bits per heavy atom. The molecule has 0 radical (unpaired) electrons. The van der Waals surface area contributed by atoms with E-state index in [-0.39, 0.29) is 18.8 Å². The highest BCUT2D eigenvalue weighted by atomic mass is 16.6. The normalized spacial score (nSPS) is 27.3. The van der Waals surface area contributed by atoms with Crippen molar-refractivity contribution in [1.29, 1.82) is 0 Å². The smallest absolute Gasteiger partial charge is 0.318 e. The first-order valence-electron chi connectivity index (χ1n) is 8.21. The van der Waals surface area contributed by atoms with Crippen molar-refractivity contribution in [2.75, 3.05) is 20.3 Å². The Bertz CT molecular complexity index is 408. The second-order valence-electron chi connectivity index (χ2n) is 7.03. The lowest BCUT2D eigenvalue weighted by Gasteiger charge is -2.38. The molecule has 6 heteroatoms. The molecule has 0 heterocycles. The molecule has 134 valence electrons. The van der Waals surface area contributed by atoms with Crippen LogP contribution < -0.4 is 0 Å². The van der Waals surface area contributed by atoms with E-state index in [2.05, 4.69) is 13.8 Å². The van der Waals surface area contributed by atoms with E-state index in [1.54, 1.807) is 7.11 Å². The molecule has 1 aliphatic rings. The number of aliphatic hydroxyl groups excluding tert-OH is 1. The second kappa shape index (κ2) is 8.64. The summed E-state index contributed by atoms with van der Waals surface area (Å²) in [6.45, 7) is 6.52. The van der Waals surface area contributed by atoms with Crippen LogP contribution in [-0.4, -0.2) is 49.6 Å². The second-order valence-corrected chi connectivity index (χ2v) is 7.03. The molecule has 23 heavy (non-hydrogen) atoms. The van der Waals surface area contributed by atoms with Crippen molar-refractivity contribution in [2.45, 2.75) is 59.2 Å². The highest BCUT2D eigenvalue weighted by Crippen LogP contribution is 2.34. The molecular weight excluding hydrogens is 300 g/mol. The number of carbonyl (C=O) groups excluding carboxylic acids is 2. The summed E-state index contributed by atoms with van der Waals surface area (Å²) < 4.78 is 16.0. The van der Waals surface area contributed by atoms with Gasteiger partial charge in [-0.3, -0.25) is 9.59 Å². The summed E-state index contributed by atoms with van der Waals surface area (Å²) in [4.78, 5) is 23.4. The van der Waals surface area contributed by atoms with Crippen molar-refractivity contribution >= 4 is 11.9 Å². The SMILES string of the molecule is CO[C@@H]1C[C@H](C(C)C)CC[C@H]1OC(=O)[C@@](C)(CO)COC(C)=O. The molecule has 0 aromatic rings. The number of ether oxygens (including phenoxy) is 3. The van der Waals surface area contributed by atoms with Crippen LogP contribution in [0.25, 0.3) is 0 Å². The van der Waals surface area contributed by atoms with Gasteiger partial charge in [-0.1, -0.05) is 13.8 Å². The Morgan fingerprint density at radius 2 is 1.91 bits per heavy atom. The minimum Gasteiger partial charge on any atom is -0.465 e. The summed E-state index contributed by atoms with van der Waals surface area (Å²) in [6.07, 6.45) is 2.10. The number of methoxy groups -OCH3 is 1. The van der Waals surface area contributed by atoms with E-state index < -0.39 is 24.0 Å². The first kappa shape index (κ1) is 19.9. The summed E-state index contributed by atoms with van der Waals surface area (Å²) in [5.41, 5.74) is -1.25. The molecule has 1 rings (SSSR count). The largest absolute Gasteiger partial charge is 0.465 e. The quantitative estimate of drug-likeness (QED) is 0.718. The average Bonchev–Trinajstić information content (AvgIpc) is 2.52. The first-order chi connectivity index (χ1) is 10.7. The van der Waals surface area contributed by atoms with Gasteiger partial charge < -0.3 is 19.3 Å². The topological polar surface area (TPSA) is 82.1 Å². The molecule has 0 spiro atoms. The van der Waals surface area contributed by atoms with Crippen molar-refractivity contribution in [3.8, 4) is 0 Å². The molecule has 0 unspecified atom stereocenters. The molecule has 0 aromatic carbocycles. The number of rotatable bonds is 7. The highest BCUT2D eigenvalue weighted by Gasteiger charge is 2.41. The third kappa shape index (κ3) is 5.46. The standard InChI is InChI=1S/C17H30O6/c1-11(2)13-6-7-14(15(8-13)21-5)23-16(20)17(4,9-18)10-22-12(3)19/h11,13-15,18H,6-10H2,1-5H3/t13-,14-,15-,17+/m1/s1. The molecule has 1 N–H and O–H groups in total. The Hall–Kier alpha value is -1.14. The lowest BCUT2D eigenvalue weighted by Crippen LogP contribution is -2.45. The molecule has 0 bridgehead atoms. The summed E-state index contributed by atoms with van der Waals surface area (Å²) in [5.74, 6) is 0.0668.